The molecule has 0 unspecified atom stereocenters. The van der Waals surface area contributed by atoms with Gasteiger partial charge in [-0.2, -0.15) is 0 Å². The van der Waals surface area contributed by atoms with Crippen LogP contribution >= 0.6 is 0 Å². The molecule has 0 aliphatic heterocycles. The Balaban J connectivity index is 1.54. The molecule has 0 spiro atoms. The van der Waals surface area contributed by atoms with Crippen molar-refractivity contribution in [2.24, 2.45) is 0 Å². The third kappa shape index (κ3) is 4.57. The number of hydrogen-bond acceptors (Lipinski definition) is 3. The third-order valence-corrected chi connectivity index (χ3v) is 3.65. The van der Waals surface area contributed by atoms with E-state index in [2.05, 4.69) is 10.6 Å². The van der Waals surface area contributed by atoms with Crippen LogP contribution in [-0.4, -0.2) is 11.8 Å². The zero-order chi connectivity index (χ0) is 17.5. The summed E-state index contributed by atoms with van der Waals surface area (Å²) in [6, 6.07) is 22.1. The monoisotopic (exact) mass is 334 g/mol. The van der Waals surface area contributed by atoms with E-state index in [1.807, 2.05) is 60.7 Å². The maximum Gasteiger partial charge on any atom is 0.287 e. The van der Waals surface area contributed by atoms with Gasteiger partial charge < -0.3 is 15.1 Å². The first kappa shape index (κ1) is 16.5. The van der Waals surface area contributed by atoms with Crippen LogP contribution in [0, 0.1) is 0 Å². The van der Waals surface area contributed by atoms with E-state index in [4.69, 9.17) is 4.42 Å². The van der Waals surface area contributed by atoms with Crippen molar-refractivity contribution in [2.45, 2.75) is 13.1 Å². The maximum absolute atomic E-state index is 12.1. The molecule has 1 heterocycles. The fraction of sp³-hybridized carbons (Fsp3) is 0.100. The first-order valence-corrected chi connectivity index (χ1v) is 7.96. The Morgan fingerprint density at radius 3 is 1.44 bits per heavy atom. The van der Waals surface area contributed by atoms with E-state index in [1.165, 1.54) is 12.1 Å². The number of amides is 2. The Morgan fingerprint density at radius 1 is 0.640 bits per heavy atom. The van der Waals surface area contributed by atoms with Crippen LogP contribution in [0.4, 0.5) is 0 Å². The van der Waals surface area contributed by atoms with Crippen molar-refractivity contribution < 1.29 is 14.0 Å². The Morgan fingerprint density at radius 2 is 1.04 bits per heavy atom. The van der Waals surface area contributed by atoms with Crippen LogP contribution in [0.25, 0.3) is 0 Å². The minimum atomic E-state index is -0.356. The van der Waals surface area contributed by atoms with Gasteiger partial charge in [-0.05, 0) is 23.3 Å². The van der Waals surface area contributed by atoms with E-state index in [0.717, 1.165) is 11.1 Å². The molecule has 25 heavy (non-hydrogen) atoms. The highest BCUT2D eigenvalue weighted by atomic mass is 16.4. The van der Waals surface area contributed by atoms with Crippen LogP contribution in [0.1, 0.15) is 32.2 Å². The Labute approximate surface area is 145 Å². The molecule has 2 aromatic carbocycles. The second-order valence-electron chi connectivity index (χ2n) is 5.50. The molecule has 0 saturated carbocycles. The van der Waals surface area contributed by atoms with Crippen molar-refractivity contribution in [1.82, 2.24) is 10.6 Å². The molecule has 2 amide bonds. The molecule has 1 aromatic heterocycles. The minimum absolute atomic E-state index is 0.112. The Bertz CT molecular complexity index is 772. The zero-order valence-corrected chi connectivity index (χ0v) is 13.6. The van der Waals surface area contributed by atoms with Crippen LogP contribution in [0.3, 0.4) is 0 Å². The fourth-order valence-electron chi connectivity index (χ4n) is 2.31. The summed E-state index contributed by atoms with van der Waals surface area (Å²) < 4.78 is 5.36. The summed E-state index contributed by atoms with van der Waals surface area (Å²) in [7, 11) is 0. The molecule has 5 heteroatoms. The van der Waals surface area contributed by atoms with E-state index in [0.29, 0.717) is 13.1 Å². The number of rotatable bonds is 6. The maximum atomic E-state index is 12.1. The molecule has 0 aliphatic carbocycles. The van der Waals surface area contributed by atoms with Crippen molar-refractivity contribution in [3.8, 4) is 0 Å². The molecular formula is C20H18N2O3. The van der Waals surface area contributed by atoms with Crippen LogP contribution in [0.15, 0.2) is 77.2 Å². The predicted molar refractivity (Wildman–Crippen MR) is 93.9 cm³/mol. The van der Waals surface area contributed by atoms with E-state index < -0.39 is 0 Å². The van der Waals surface area contributed by atoms with E-state index in [1.54, 1.807) is 0 Å². The lowest BCUT2D eigenvalue weighted by Crippen LogP contribution is -2.23. The number of hydrogen-bond donors (Lipinski definition) is 2. The average molecular weight is 334 g/mol. The standard InChI is InChI=1S/C20H18N2O3/c23-19(21-13-15-7-3-1-4-8-15)17-11-12-18(25-17)20(24)22-14-16-9-5-2-6-10-16/h1-12H,13-14H2,(H,21,23)(H,22,24). The number of carbonyl (C=O) groups is 2. The van der Waals surface area contributed by atoms with Crippen molar-refractivity contribution in [2.75, 3.05) is 0 Å². The minimum Gasteiger partial charge on any atom is -0.446 e. The summed E-state index contributed by atoms with van der Waals surface area (Å²) in [5.74, 6) is -0.487. The van der Waals surface area contributed by atoms with Gasteiger partial charge in [0.1, 0.15) is 0 Å². The molecule has 2 N–H and O–H groups in total. The number of nitrogens with one attached hydrogen (secondary N) is 2. The van der Waals surface area contributed by atoms with Crippen LogP contribution in [-0.2, 0) is 13.1 Å². The zero-order valence-electron chi connectivity index (χ0n) is 13.6. The van der Waals surface area contributed by atoms with E-state index >= 15 is 0 Å². The van der Waals surface area contributed by atoms with Gasteiger partial charge in [0.05, 0.1) is 0 Å². The summed E-state index contributed by atoms with van der Waals surface area (Å²) in [4.78, 5) is 24.2. The number of carbonyl (C=O) groups excluding carboxylic acids is 2. The van der Waals surface area contributed by atoms with Gasteiger partial charge in [-0.3, -0.25) is 9.59 Å². The van der Waals surface area contributed by atoms with Gasteiger partial charge in [0.25, 0.3) is 11.8 Å². The summed E-state index contributed by atoms with van der Waals surface area (Å²) in [6.07, 6.45) is 0. The normalized spacial score (nSPS) is 10.2. The molecule has 3 rings (SSSR count). The van der Waals surface area contributed by atoms with Crippen LogP contribution in [0.2, 0.25) is 0 Å². The second-order valence-corrected chi connectivity index (χ2v) is 5.50. The number of benzene rings is 2. The SMILES string of the molecule is O=C(NCc1ccccc1)c1ccc(C(=O)NCc2ccccc2)o1. The first-order valence-electron chi connectivity index (χ1n) is 7.96. The van der Waals surface area contributed by atoms with Gasteiger partial charge in [-0.1, -0.05) is 60.7 Å². The number of furan rings is 1. The van der Waals surface area contributed by atoms with Crippen molar-refractivity contribution >= 4 is 11.8 Å². The average Bonchev–Trinajstić information content (AvgIpc) is 3.16. The molecule has 0 fully saturated rings. The lowest BCUT2D eigenvalue weighted by molar-refractivity contribution is 0.0898. The fourth-order valence-corrected chi connectivity index (χ4v) is 2.31. The molecule has 126 valence electrons. The Hall–Kier alpha value is -3.34. The molecule has 0 saturated heterocycles. The molecule has 5 nitrogen and oxygen atoms in total. The Kier molecular flexibility index (Phi) is 5.26. The molecule has 0 bridgehead atoms. The summed E-state index contributed by atoms with van der Waals surface area (Å²) in [6.45, 7) is 0.797. The third-order valence-electron chi connectivity index (χ3n) is 3.65. The molecule has 0 radical (unpaired) electrons. The lowest BCUT2D eigenvalue weighted by Gasteiger charge is -2.04. The molecule has 0 aliphatic rings. The second kappa shape index (κ2) is 7.97. The van der Waals surface area contributed by atoms with Gasteiger partial charge in [0.2, 0.25) is 0 Å². The highest BCUT2D eigenvalue weighted by molar-refractivity contribution is 5.95. The summed E-state index contributed by atoms with van der Waals surface area (Å²) >= 11 is 0. The van der Waals surface area contributed by atoms with Crippen LogP contribution in [0.5, 0.6) is 0 Å². The lowest BCUT2D eigenvalue weighted by atomic mass is 10.2. The smallest absolute Gasteiger partial charge is 0.287 e. The van der Waals surface area contributed by atoms with Crippen LogP contribution < -0.4 is 10.6 Å². The highest BCUT2D eigenvalue weighted by Gasteiger charge is 2.15. The summed E-state index contributed by atoms with van der Waals surface area (Å²) in [5, 5.41) is 5.52. The van der Waals surface area contributed by atoms with Gasteiger partial charge in [-0.15, -0.1) is 0 Å². The van der Waals surface area contributed by atoms with Gasteiger partial charge in [0, 0.05) is 13.1 Å². The topological polar surface area (TPSA) is 71.3 Å². The predicted octanol–water partition coefficient (Wildman–Crippen LogP) is 3.14. The van der Waals surface area contributed by atoms with Gasteiger partial charge >= 0.3 is 0 Å². The molecule has 0 atom stereocenters. The van der Waals surface area contributed by atoms with Crippen molar-refractivity contribution in [3.63, 3.8) is 0 Å². The summed E-state index contributed by atoms with van der Waals surface area (Å²) in [5.41, 5.74) is 1.98. The molecule has 3 aromatic rings. The van der Waals surface area contributed by atoms with E-state index in [-0.39, 0.29) is 23.3 Å². The van der Waals surface area contributed by atoms with Crippen molar-refractivity contribution in [3.05, 3.63) is 95.4 Å². The van der Waals surface area contributed by atoms with Gasteiger partial charge in [-0.25, -0.2) is 0 Å². The first-order chi connectivity index (χ1) is 12.2. The quantitative estimate of drug-likeness (QED) is 0.727. The highest BCUT2D eigenvalue weighted by Crippen LogP contribution is 2.09. The largest absolute Gasteiger partial charge is 0.446 e. The van der Waals surface area contributed by atoms with Crippen molar-refractivity contribution in [1.29, 1.82) is 0 Å². The van der Waals surface area contributed by atoms with E-state index in [9.17, 15) is 9.59 Å². The van der Waals surface area contributed by atoms with Gasteiger partial charge in [0.15, 0.2) is 11.5 Å². The molecular weight excluding hydrogens is 316 g/mol.